The third kappa shape index (κ3) is 4.87. The van der Waals surface area contributed by atoms with Gasteiger partial charge in [-0.1, -0.05) is 83.0 Å². The summed E-state index contributed by atoms with van der Waals surface area (Å²) in [6, 6.07) is 20.9. The molecule has 1 unspecified atom stereocenters. The first-order valence-electron chi connectivity index (χ1n) is 10.0. The van der Waals surface area contributed by atoms with Gasteiger partial charge in [-0.25, -0.2) is 4.98 Å². The first-order chi connectivity index (χ1) is 15.4. The Morgan fingerprint density at radius 2 is 1.66 bits per heavy atom. The second-order valence-corrected chi connectivity index (χ2v) is 8.96. The summed E-state index contributed by atoms with van der Waals surface area (Å²) < 4.78 is 5.42. The van der Waals surface area contributed by atoms with Gasteiger partial charge in [0.1, 0.15) is 11.0 Å². The van der Waals surface area contributed by atoms with Gasteiger partial charge < -0.3 is 4.74 Å². The Morgan fingerprint density at radius 1 is 1.00 bits per heavy atom. The lowest BCUT2D eigenvalue weighted by atomic mass is 10.0. The Morgan fingerprint density at radius 3 is 2.31 bits per heavy atom. The molecule has 0 aliphatic rings. The molecule has 1 atom stereocenters. The van der Waals surface area contributed by atoms with Gasteiger partial charge in [-0.2, -0.15) is 0 Å². The highest BCUT2D eigenvalue weighted by Gasteiger charge is 2.25. The van der Waals surface area contributed by atoms with Crippen LogP contribution in [0.25, 0.3) is 11.4 Å². The molecule has 4 rings (SSSR count). The molecular formula is C25H22ClN3O2S. The summed E-state index contributed by atoms with van der Waals surface area (Å²) in [7, 11) is 1.59. The van der Waals surface area contributed by atoms with Crippen molar-refractivity contribution in [1.82, 2.24) is 15.2 Å². The van der Waals surface area contributed by atoms with E-state index in [0.717, 1.165) is 16.7 Å². The number of methoxy groups -OCH3 is 1. The third-order valence-electron chi connectivity index (χ3n) is 5.06. The Labute approximate surface area is 196 Å². The molecule has 1 aromatic heterocycles. The number of ketones is 1. The number of aromatic amines is 1. The summed E-state index contributed by atoms with van der Waals surface area (Å²) in [6.07, 6.45) is 0. The molecule has 7 heteroatoms. The van der Waals surface area contributed by atoms with Gasteiger partial charge in [-0.05, 0) is 37.6 Å². The topological polar surface area (TPSA) is 67.9 Å². The molecule has 0 saturated heterocycles. The smallest absolute Gasteiger partial charge is 0.209 e. The van der Waals surface area contributed by atoms with Crippen LogP contribution in [0.5, 0.6) is 5.75 Å². The predicted octanol–water partition coefficient (Wildman–Crippen LogP) is 6.47. The SMILES string of the molecule is COc1ccc(Cl)cc1-c1nc(SC(C(=O)c2ccc(C)cc2)c2ccc(C)cc2)n[nH]1. The van der Waals surface area contributed by atoms with Gasteiger partial charge in [0.05, 0.1) is 12.7 Å². The molecule has 4 aromatic rings. The molecule has 3 aromatic carbocycles. The van der Waals surface area contributed by atoms with Crippen LogP contribution in [-0.2, 0) is 0 Å². The average molecular weight is 464 g/mol. The highest BCUT2D eigenvalue weighted by molar-refractivity contribution is 8.00. The monoisotopic (exact) mass is 463 g/mol. The Kier molecular flexibility index (Phi) is 6.63. The van der Waals surface area contributed by atoms with Crippen molar-refractivity contribution in [3.63, 3.8) is 0 Å². The van der Waals surface area contributed by atoms with E-state index in [4.69, 9.17) is 16.3 Å². The fourth-order valence-electron chi connectivity index (χ4n) is 3.27. The van der Waals surface area contributed by atoms with Crippen molar-refractivity contribution in [3.05, 3.63) is 94.0 Å². The molecule has 0 saturated carbocycles. The number of ether oxygens (including phenoxy) is 1. The van der Waals surface area contributed by atoms with Crippen molar-refractivity contribution in [1.29, 1.82) is 0 Å². The highest BCUT2D eigenvalue weighted by atomic mass is 35.5. The third-order valence-corrected chi connectivity index (χ3v) is 6.41. The van der Waals surface area contributed by atoms with E-state index in [0.29, 0.717) is 32.9 Å². The first kappa shape index (κ1) is 22.1. The van der Waals surface area contributed by atoms with Gasteiger partial charge in [0.25, 0.3) is 0 Å². The van der Waals surface area contributed by atoms with Crippen molar-refractivity contribution in [2.75, 3.05) is 7.11 Å². The number of carbonyl (C=O) groups is 1. The Balaban J connectivity index is 1.68. The molecule has 5 nitrogen and oxygen atoms in total. The summed E-state index contributed by atoms with van der Waals surface area (Å²) in [5.41, 5.74) is 4.50. The second kappa shape index (κ2) is 9.59. The van der Waals surface area contributed by atoms with Crippen LogP contribution in [-0.4, -0.2) is 28.1 Å². The number of aromatic nitrogens is 3. The maximum Gasteiger partial charge on any atom is 0.209 e. The highest BCUT2D eigenvalue weighted by Crippen LogP contribution is 2.38. The van der Waals surface area contributed by atoms with E-state index in [-0.39, 0.29) is 5.78 Å². The number of hydrogen-bond acceptors (Lipinski definition) is 5. The fourth-order valence-corrected chi connectivity index (χ4v) is 4.44. The number of Topliss-reactive ketones (excluding diaryl/α,β-unsaturated/α-hetero) is 1. The molecule has 0 fully saturated rings. The number of hydrogen-bond donors (Lipinski definition) is 1. The normalized spacial score (nSPS) is 11.9. The molecule has 32 heavy (non-hydrogen) atoms. The van der Waals surface area contributed by atoms with Crippen LogP contribution < -0.4 is 4.74 Å². The Bertz CT molecular complexity index is 1240. The van der Waals surface area contributed by atoms with Crippen molar-refractivity contribution in [2.45, 2.75) is 24.3 Å². The van der Waals surface area contributed by atoms with Crippen molar-refractivity contribution >= 4 is 29.1 Å². The zero-order valence-electron chi connectivity index (χ0n) is 17.9. The lowest BCUT2D eigenvalue weighted by Crippen LogP contribution is -2.10. The molecule has 0 spiro atoms. The standard InChI is InChI=1S/C25H22ClN3O2S/c1-15-4-8-17(9-5-15)22(30)23(18-10-6-16(2)7-11-18)32-25-27-24(28-29-25)20-14-19(26)12-13-21(20)31-3/h4-14,23H,1-3H3,(H,27,28,29). The fraction of sp³-hybridized carbons (Fsp3) is 0.160. The van der Waals surface area contributed by atoms with Crippen LogP contribution in [0.3, 0.4) is 0 Å². The molecule has 0 aliphatic heterocycles. The minimum atomic E-state index is -0.483. The van der Waals surface area contributed by atoms with E-state index in [1.165, 1.54) is 11.8 Å². The van der Waals surface area contributed by atoms with Gasteiger partial charge in [-0.3, -0.25) is 9.89 Å². The van der Waals surface area contributed by atoms with Crippen LogP contribution >= 0.6 is 23.4 Å². The number of halogens is 1. The van der Waals surface area contributed by atoms with Crippen LogP contribution in [0.15, 0.2) is 71.9 Å². The average Bonchev–Trinajstić information content (AvgIpc) is 3.27. The van der Waals surface area contributed by atoms with E-state index in [9.17, 15) is 4.79 Å². The number of nitrogens with zero attached hydrogens (tertiary/aromatic N) is 2. The number of benzene rings is 3. The number of aryl methyl sites for hydroxylation is 2. The van der Waals surface area contributed by atoms with E-state index in [1.807, 2.05) is 62.4 Å². The van der Waals surface area contributed by atoms with Gasteiger partial charge in [0.2, 0.25) is 5.16 Å². The number of rotatable bonds is 7. The summed E-state index contributed by atoms with van der Waals surface area (Å²) in [5.74, 6) is 1.16. The van der Waals surface area contributed by atoms with Crippen molar-refractivity contribution in [3.8, 4) is 17.1 Å². The zero-order valence-corrected chi connectivity index (χ0v) is 19.5. The summed E-state index contributed by atoms with van der Waals surface area (Å²) in [6.45, 7) is 4.02. The lowest BCUT2D eigenvalue weighted by Gasteiger charge is -2.15. The maximum absolute atomic E-state index is 13.4. The lowest BCUT2D eigenvalue weighted by molar-refractivity contribution is 0.0989. The first-order valence-corrected chi connectivity index (χ1v) is 11.3. The quantitative estimate of drug-likeness (QED) is 0.251. The summed E-state index contributed by atoms with van der Waals surface area (Å²) in [4.78, 5) is 18.1. The van der Waals surface area contributed by atoms with Gasteiger partial charge >= 0.3 is 0 Å². The minimum Gasteiger partial charge on any atom is -0.496 e. The summed E-state index contributed by atoms with van der Waals surface area (Å²) in [5, 5.41) is 7.84. The molecular weight excluding hydrogens is 442 g/mol. The molecule has 162 valence electrons. The zero-order chi connectivity index (χ0) is 22.7. The number of nitrogens with one attached hydrogen (secondary N) is 1. The van der Waals surface area contributed by atoms with Crippen LogP contribution in [0, 0.1) is 13.8 Å². The van der Waals surface area contributed by atoms with Crippen LogP contribution in [0.2, 0.25) is 5.02 Å². The Hall–Kier alpha value is -3.09. The molecule has 1 heterocycles. The van der Waals surface area contributed by atoms with Crippen LogP contribution in [0.4, 0.5) is 0 Å². The number of carbonyl (C=O) groups excluding carboxylic acids is 1. The van der Waals surface area contributed by atoms with E-state index in [2.05, 4.69) is 15.2 Å². The number of H-pyrrole nitrogens is 1. The van der Waals surface area contributed by atoms with Gasteiger partial charge in [0, 0.05) is 10.6 Å². The molecule has 0 amide bonds. The second-order valence-electron chi connectivity index (χ2n) is 7.45. The largest absolute Gasteiger partial charge is 0.496 e. The van der Waals surface area contributed by atoms with Crippen molar-refractivity contribution in [2.24, 2.45) is 0 Å². The molecule has 1 N–H and O–H groups in total. The molecule has 0 radical (unpaired) electrons. The predicted molar refractivity (Wildman–Crippen MR) is 129 cm³/mol. The summed E-state index contributed by atoms with van der Waals surface area (Å²) >= 11 is 7.47. The van der Waals surface area contributed by atoms with E-state index < -0.39 is 5.25 Å². The van der Waals surface area contributed by atoms with Gasteiger partial charge in [0.15, 0.2) is 11.6 Å². The maximum atomic E-state index is 13.4. The van der Waals surface area contributed by atoms with Gasteiger partial charge in [-0.15, -0.1) is 5.10 Å². The molecule has 0 bridgehead atoms. The number of thioether (sulfide) groups is 1. The minimum absolute atomic E-state index is 0.00513. The van der Waals surface area contributed by atoms with E-state index >= 15 is 0 Å². The van der Waals surface area contributed by atoms with Crippen molar-refractivity contribution < 1.29 is 9.53 Å². The van der Waals surface area contributed by atoms with Crippen LogP contribution in [0.1, 0.15) is 32.3 Å². The molecule has 0 aliphatic carbocycles. The van der Waals surface area contributed by atoms with E-state index in [1.54, 1.807) is 25.3 Å².